The van der Waals surface area contributed by atoms with Crippen LogP contribution in [0.2, 0.25) is 0 Å². The van der Waals surface area contributed by atoms with E-state index in [0.717, 1.165) is 56.9 Å². The maximum Gasteiger partial charge on any atom is 0.121 e. The van der Waals surface area contributed by atoms with Gasteiger partial charge in [0.05, 0.1) is 17.8 Å². The molecule has 8 nitrogen and oxygen atoms in total. The molecule has 3 aliphatic rings. The molecular formula is C35H26N8. The van der Waals surface area contributed by atoms with Crippen molar-refractivity contribution < 1.29 is 0 Å². The second-order valence-corrected chi connectivity index (χ2v) is 11.4. The highest BCUT2D eigenvalue weighted by molar-refractivity contribution is 5.85. The Hall–Kier alpha value is -5.63. The van der Waals surface area contributed by atoms with E-state index < -0.39 is 11.0 Å². The zero-order chi connectivity index (χ0) is 28.6. The van der Waals surface area contributed by atoms with Crippen LogP contribution in [0.1, 0.15) is 39.1 Å². The summed E-state index contributed by atoms with van der Waals surface area (Å²) >= 11 is 0. The van der Waals surface area contributed by atoms with Crippen LogP contribution in [0.5, 0.6) is 0 Å². The topological polar surface area (TPSA) is 86.7 Å². The monoisotopic (exact) mass is 558 g/mol. The molecule has 2 aliphatic carbocycles. The Morgan fingerprint density at radius 1 is 0.581 bits per heavy atom. The molecule has 0 saturated heterocycles. The zero-order valence-electron chi connectivity index (χ0n) is 23.4. The van der Waals surface area contributed by atoms with E-state index in [1.165, 1.54) is 11.1 Å². The summed E-state index contributed by atoms with van der Waals surface area (Å²) in [6.45, 7) is 0.737. The van der Waals surface area contributed by atoms with E-state index in [0.29, 0.717) is 0 Å². The highest BCUT2D eigenvalue weighted by Gasteiger charge is 2.51. The number of nitrogens with one attached hydrogen (secondary N) is 1. The average molecular weight is 559 g/mol. The van der Waals surface area contributed by atoms with Gasteiger partial charge in [-0.25, -0.2) is 0 Å². The van der Waals surface area contributed by atoms with E-state index in [-0.39, 0.29) is 0 Å². The summed E-state index contributed by atoms with van der Waals surface area (Å²) < 4.78 is 0. The van der Waals surface area contributed by atoms with Crippen molar-refractivity contribution in [3.8, 4) is 22.3 Å². The fourth-order valence-corrected chi connectivity index (χ4v) is 7.70. The number of hydrogen-bond donors (Lipinski definition) is 1. The summed E-state index contributed by atoms with van der Waals surface area (Å²) in [7, 11) is 2.10. The normalized spacial score (nSPS) is 16.6. The molecule has 8 heteroatoms. The molecule has 0 unspecified atom stereocenters. The Labute approximate surface area is 248 Å². The van der Waals surface area contributed by atoms with Crippen LogP contribution >= 0.6 is 0 Å². The summed E-state index contributed by atoms with van der Waals surface area (Å²) in [6.07, 6.45) is 21.6. The van der Waals surface area contributed by atoms with E-state index in [9.17, 15) is 0 Å². The molecule has 0 amide bonds. The summed E-state index contributed by atoms with van der Waals surface area (Å²) in [6, 6.07) is 19.5. The molecule has 0 fully saturated rings. The number of rotatable bonds is 4. The van der Waals surface area contributed by atoms with Crippen LogP contribution in [-0.2, 0) is 11.0 Å². The third-order valence-corrected chi connectivity index (χ3v) is 9.40. The highest BCUT2D eigenvalue weighted by Crippen LogP contribution is 2.57. The minimum absolute atomic E-state index is 0.595. The van der Waals surface area contributed by atoms with E-state index >= 15 is 0 Å². The SMILES string of the molecule is CN1C=CN(C2(c3ccc(C4(c5ccn[nH]5)c5cnccc5-c5ccncc54)cc3)c3cnccc3-c3ccncc32)C1. The Morgan fingerprint density at radius 2 is 1.09 bits per heavy atom. The van der Waals surface area contributed by atoms with Crippen molar-refractivity contribution in [2.45, 2.75) is 11.0 Å². The lowest BCUT2D eigenvalue weighted by atomic mass is 9.70. The van der Waals surface area contributed by atoms with Crippen LogP contribution < -0.4 is 0 Å². The van der Waals surface area contributed by atoms with Crippen molar-refractivity contribution in [2.75, 3.05) is 13.7 Å². The quantitative estimate of drug-likeness (QED) is 0.314. The van der Waals surface area contributed by atoms with Crippen LogP contribution in [0.4, 0.5) is 0 Å². The van der Waals surface area contributed by atoms with Gasteiger partial charge in [-0.2, -0.15) is 5.10 Å². The molecular weight excluding hydrogens is 532 g/mol. The fourth-order valence-electron chi connectivity index (χ4n) is 7.70. The molecule has 43 heavy (non-hydrogen) atoms. The van der Waals surface area contributed by atoms with E-state index in [2.05, 4.69) is 114 Å². The minimum Gasteiger partial charge on any atom is -0.362 e. The van der Waals surface area contributed by atoms with Gasteiger partial charge in [0.1, 0.15) is 5.54 Å². The van der Waals surface area contributed by atoms with Gasteiger partial charge < -0.3 is 9.80 Å². The van der Waals surface area contributed by atoms with Gasteiger partial charge in [0.25, 0.3) is 0 Å². The van der Waals surface area contributed by atoms with Crippen LogP contribution in [0.3, 0.4) is 0 Å². The molecule has 0 bridgehead atoms. The van der Waals surface area contributed by atoms with Gasteiger partial charge in [0.15, 0.2) is 0 Å². The van der Waals surface area contributed by atoms with Crippen LogP contribution in [0, 0.1) is 0 Å². The van der Waals surface area contributed by atoms with Crippen molar-refractivity contribution in [1.29, 1.82) is 0 Å². The predicted octanol–water partition coefficient (Wildman–Crippen LogP) is 5.30. The summed E-state index contributed by atoms with van der Waals surface area (Å²) in [5.41, 5.74) is 11.2. The second-order valence-electron chi connectivity index (χ2n) is 11.4. The van der Waals surface area contributed by atoms with Crippen LogP contribution in [0.15, 0.2) is 123 Å². The molecule has 1 aromatic carbocycles. The zero-order valence-corrected chi connectivity index (χ0v) is 23.4. The molecule has 1 aliphatic heterocycles. The number of pyridine rings is 4. The Balaban J connectivity index is 1.31. The first kappa shape index (κ1) is 24.0. The van der Waals surface area contributed by atoms with Gasteiger partial charge in [-0.05, 0) is 74.8 Å². The Kier molecular flexibility index (Phi) is 4.85. The Morgan fingerprint density at radius 3 is 1.58 bits per heavy atom. The number of fused-ring (bicyclic) bond motifs is 6. The largest absolute Gasteiger partial charge is 0.362 e. The third kappa shape index (κ3) is 2.97. The lowest BCUT2D eigenvalue weighted by molar-refractivity contribution is 0.197. The molecule has 0 radical (unpaired) electrons. The van der Waals surface area contributed by atoms with Crippen molar-refractivity contribution in [2.24, 2.45) is 0 Å². The van der Waals surface area contributed by atoms with Crippen molar-refractivity contribution in [3.63, 3.8) is 0 Å². The molecule has 9 rings (SSSR count). The first-order valence-electron chi connectivity index (χ1n) is 14.3. The summed E-state index contributed by atoms with van der Waals surface area (Å²) in [5.74, 6) is 0. The maximum atomic E-state index is 4.62. The van der Waals surface area contributed by atoms with Crippen molar-refractivity contribution >= 4 is 0 Å². The van der Waals surface area contributed by atoms with Gasteiger partial charge in [0.2, 0.25) is 0 Å². The summed E-state index contributed by atoms with van der Waals surface area (Å²) in [4.78, 5) is 23.0. The second kappa shape index (κ2) is 8.69. The van der Waals surface area contributed by atoms with Crippen molar-refractivity contribution in [3.05, 3.63) is 162 Å². The van der Waals surface area contributed by atoms with Crippen LogP contribution in [0.25, 0.3) is 22.3 Å². The number of hydrogen-bond acceptors (Lipinski definition) is 7. The third-order valence-electron chi connectivity index (χ3n) is 9.40. The Bertz CT molecular complexity index is 1960. The standard InChI is InChI=1S/C35H26N8/c1-42-16-17-43(22-42)35(31-20-38-13-8-27(31)28-9-14-39-21-32(28)35)24-4-2-23(3-5-24)34(33-10-15-40-41-33)29-18-36-11-6-25(29)26-7-12-37-19-30(26)34/h2-21H,22H2,1H3,(H,40,41). The average Bonchev–Trinajstić information content (AvgIpc) is 3.86. The lowest BCUT2D eigenvalue weighted by Crippen LogP contribution is -2.44. The number of benzene rings is 1. The van der Waals surface area contributed by atoms with Gasteiger partial charge in [-0.3, -0.25) is 25.0 Å². The predicted molar refractivity (Wildman–Crippen MR) is 162 cm³/mol. The van der Waals surface area contributed by atoms with E-state index in [4.69, 9.17) is 0 Å². The number of aromatic nitrogens is 6. The maximum absolute atomic E-state index is 4.62. The first-order chi connectivity index (χ1) is 21.2. The molecule has 206 valence electrons. The van der Waals surface area contributed by atoms with Gasteiger partial charge in [0, 0.05) is 86.3 Å². The summed E-state index contributed by atoms with van der Waals surface area (Å²) in [5, 5.41) is 7.69. The fraction of sp³-hybridized carbons (Fsp3) is 0.114. The molecule has 0 spiro atoms. The molecule has 1 N–H and O–H groups in total. The van der Waals surface area contributed by atoms with E-state index in [1.807, 2.05) is 55.8 Å². The first-order valence-corrected chi connectivity index (χ1v) is 14.3. The molecule has 0 saturated carbocycles. The molecule has 0 atom stereocenters. The number of aromatic amines is 1. The van der Waals surface area contributed by atoms with Gasteiger partial charge >= 0.3 is 0 Å². The smallest absolute Gasteiger partial charge is 0.121 e. The number of H-pyrrole nitrogens is 1. The molecule has 6 heterocycles. The highest BCUT2D eigenvalue weighted by atomic mass is 15.4. The van der Waals surface area contributed by atoms with Gasteiger partial charge in [-0.1, -0.05) is 24.3 Å². The van der Waals surface area contributed by atoms with Gasteiger partial charge in [-0.15, -0.1) is 0 Å². The van der Waals surface area contributed by atoms with Crippen LogP contribution in [-0.4, -0.2) is 53.6 Å². The number of nitrogens with zero attached hydrogens (tertiary/aromatic N) is 7. The molecule has 5 aromatic heterocycles. The van der Waals surface area contributed by atoms with E-state index in [1.54, 1.807) is 0 Å². The van der Waals surface area contributed by atoms with Crippen molar-refractivity contribution in [1.82, 2.24) is 39.9 Å². The lowest BCUT2D eigenvalue weighted by Gasteiger charge is -2.41. The minimum atomic E-state index is -0.641. The molecule has 6 aromatic rings.